The molecule has 0 aromatic carbocycles. The van der Waals surface area contributed by atoms with Crippen molar-refractivity contribution in [2.45, 2.75) is 12.2 Å². The largest absolute Gasteiger partial charge is 0.547 e. The predicted octanol–water partition coefficient (Wildman–Crippen LogP) is -5.62. The Morgan fingerprint density at radius 1 is 1.00 bits per heavy atom. The Morgan fingerprint density at radius 3 is 1.27 bits per heavy atom. The fourth-order valence-electron chi connectivity index (χ4n) is 0.258. The summed E-state index contributed by atoms with van der Waals surface area (Å²) in [6, 6.07) is 0. The molecule has 66 valence electrons. The molecule has 0 fully saturated rings. The second kappa shape index (κ2) is 4.61. The highest BCUT2D eigenvalue weighted by Gasteiger charge is 2.17. The van der Waals surface area contributed by atoms with Crippen LogP contribution >= 0.6 is 0 Å². The molecule has 0 bridgehead atoms. The van der Waals surface area contributed by atoms with Gasteiger partial charge in [-0.1, -0.05) is 0 Å². The Labute approximate surface area is 60.8 Å². The molecule has 7 nitrogen and oxygen atoms in total. The fraction of sp³-hybridized carbons (Fsp3) is 0.500. The van der Waals surface area contributed by atoms with Gasteiger partial charge in [-0.2, -0.15) is 0 Å². The van der Waals surface area contributed by atoms with Crippen molar-refractivity contribution < 1.29 is 35.5 Å². The van der Waals surface area contributed by atoms with Gasteiger partial charge in [0, 0.05) is 0 Å². The number of carboxylic acids is 2. The molecule has 0 spiro atoms. The molecule has 0 rings (SSSR count). The third-order valence-corrected chi connectivity index (χ3v) is 0.782. The minimum Gasteiger partial charge on any atom is -0.547 e. The van der Waals surface area contributed by atoms with Crippen LogP contribution in [-0.4, -0.2) is 39.8 Å². The van der Waals surface area contributed by atoms with Crippen LogP contribution in [0.25, 0.3) is 0 Å². The van der Waals surface area contributed by atoms with E-state index in [2.05, 4.69) is 0 Å². The number of aliphatic hydroxyl groups excluding tert-OH is 2. The van der Waals surface area contributed by atoms with E-state index in [1.165, 1.54) is 0 Å². The van der Waals surface area contributed by atoms with Crippen LogP contribution < -0.4 is 10.2 Å². The molecular formula is C4H6O7-2. The summed E-state index contributed by atoms with van der Waals surface area (Å²) in [4.78, 5) is 19.3. The van der Waals surface area contributed by atoms with Crippen molar-refractivity contribution in [2.24, 2.45) is 0 Å². The Bertz CT molecular complexity index is 135. The number of carbonyl (C=O) groups excluding carboxylic acids is 2. The zero-order valence-electron chi connectivity index (χ0n) is 5.18. The summed E-state index contributed by atoms with van der Waals surface area (Å²) in [5, 5.41) is 35.7. The lowest BCUT2D eigenvalue weighted by Gasteiger charge is -2.18. The third-order valence-electron chi connectivity index (χ3n) is 0.782. The molecule has 7 heteroatoms. The number of aliphatic hydroxyl groups is 2. The SMILES string of the molecule is O.O=C([O-])C(O)C(O)C(=O)[O-]. The molecule has 11 heavy (non-hydrogen) atoms. The van der Waals surface area contributed by atoms with Crippen LogP contribution in [0.2, 0.25) is 0 Å². The van der Waals surface area contributed by atoms with Gasteiger partial charge in [0.25, 0.3) is 0 Å². The minimum absolute atomic E-state index is 0. The number of carboxylic acid groups (broad SMARTS) is 2. The Kier molecular flexibility index (Phi) is 5.23. The van der Waals surface area contributed by atoms with Crippen LogP contribution in [0.5, 0.6) is 0 Å². The molecule has 0 saturated carbocycles. The van der Waals surface area contributed by atoms with Gasteiger partial charge in [0.05, 0.1) is 11.9 Å². The van der Waals surface area contributed by atoms with E-state index in [0.29, 0.717) is 0 Å². The molecule has 0 heterocycles. The van der Waals surface area contributed by atoms with E-state index in [1.807, 2.05) is 0 Å². The highest BCUT2D eigenvalue weighted by Crippen LogP contribution is 1.88. The van der Waals surface area contributed by atoms with E-state index in [0.717, 1.165) is 0 Å². The van der Waals surface area contributed by atoms with Gasteiger partial charge < -0.3 is 35.5 Å². The van der Waals surface area contributed by atoms with Crippen molar-refractivity contribution in [1.82, 2.24) is 0 Å². The van der Waals surface area contributed by atoms with Gasteiger partial charge in [-0.3, -0.25) is 0 Å². The van der Waals surface area contributed by atoms with Crippen molar-refractivity contribution in [1.29, 1.82) is 0 Å². The normalized spacial score (nSPS) is 14.4. The van der Waals surface area contributed by atoms with E-state index in [4.69, 9.17) is 10.2 Å². The summed E-state index contributed by atoms with van der Waals surface area (Å²) >= 11 is 0. The van der Waals surface area contributed by atoms with Gasteiger partial charge in [-0.05, 0) is 0 Å². The summed E-state index contributed by atoms with van der Waals surface area (Å²) in [6.45, 7) is 0. The lowest BCUT2D eigenvalue weighted by molar-refractivity contribution is -0.333. The molecule has 0 aliphatic heterocycles. The van der Waals surface area contributed by atoms with Crippen LogP contribution in [0.1, 0.15) is 0 Å². The van der Waals surface area contributed by atoms with E-state index in [-0.39, 0.29) is 5.48 Å². The summed E-state index contributed by atoms with van der Waals surface area (Å²) in [5.41, 5.74) is 0. The Balaban J connectivity index is 0. The van der Waals surface area contributed by atoms with Crippen LogP contribution in [0.3, 0.4) is 0 Å². The van der Waals surface area contributed by atoms with Crippen LogP contribution in [0, 0.1) is 0 Å². The van der Waals surface area contributed by atoms with Gasteiger partial charge in [0.1, 0.15) is 12.2 Å². The van der Waals surface area contributed by atoms with Crippen LogP contribution in [0.4, 0.5) is 0 Å². The number of hydrogen-bond acceptors (Lipinski definition) is 6. The molecule has 2 atom stereocenters. The fourth-order valence-corrected chi connectivity index (χ4v) is 0.258. The van der Waals surface area contributed by atoms with Crippen molar-refractivity contribution in [3.63, 3.8) is 0 Å². The summed E-state index contributed by atoms with van der Waals surface area (Å²) < 4.78 is 0. The average Bonchev–Trinajstić information content (AvgIpc) is 1.84. The van der Waals surface area contributed by atoms with E-state index in [1.54, 1.807) is 0 Å². The number of rotatable bonds is 3. The number of carbonyl (C=O) groups is 2. The molecule has 4 N–H and O–H groups in total. The molecule has 0 aliphatic rings. The maximum absolute atomic E-state index is 9.63. The van der Waals surface area contributed by atoms with Crippen molar-refractivity contribution in [3.05, 3.63) is 0 Å². The number of aliphatic carboxylic acids is 2. The van der Waals surface area contributed by atoms with Crippen LogP contribution in [-0.2, 0) is 9.59 Å². The van der Waals surface area contributed by atoms with E-state index in [9.17, 15) is 19.8 Å². The number of hydrogen-bond donors (Lipinski definition) is 2. The maximum Gasteiger partial charge on any atom is 0.124 e. The lowest BCUT2D eigenvalue weighted by Crippen LogP contribution is -2.51. The van der Waals surface area contributed by atoms with Crippen molar-refractivity contribution in [3.8, 4) is 0 Å². The van der Waals surface area contributed by atoms with Crippen molar-refractivity contribution in [2.75, 3.05) is 0 Å². The molecule has 0 saturated heterocycles. The second-order valence-electron chi connectivity index (χ2n) is 1.53. The summed E-state index contributed by atoms with van der Waals surface area (Å²) in [5.74, 6) is -4.12. The first kappa shape index (κ1) is 12.5. The first-order chi connectivity index (χ1) is 4.46. The lowest BCUT2D eigenvalue weighted by atomic mass is 10.2. The summed E-state index contributed by atoms with van der Waals surface area (Å²) in [7, 11) is 0. The predicted molar refractivity (Wildman–Crippen MR) is 25.6 cm³/mol. The molecule has 0 aliphatic carbocycles. The maximum atomic E-state index is 9.63. The molecule has 0 aromatic rings. The molecular weight excluding hydrogens is 160 g/mol. The second-order valence-corrected chi connectivity index (χ2v) is 1.53. The Morgan fingerprint density at radius 2 is 1.18 bits per heavy atom. The average molecular weight is 166 g/mol. The van der Waals surface area contributed by atoms with Gasteiger partial charge in [-0.25, -0.2) is 0 Å². The first-order valence-corrected chi connectivity index (χ1v) is 2.24. The minimum atomic E-state index is -2.44. The van der Waals surface area contributed by atoms with Crippen LogP contribution in [0.15, 0.2) is 0 Å². The van der Waals surface area contributed by atoms with E-state index < -0.39 is 24.1 Å². The first-order valence-electron chi connectivity index (χ1n) is 2.24. The zero-order valence-corrected chi connectivity index (χ0v) is 5.18. The third kappa shape index (κ3) is 3.50. The topological polar surface area (TPSA) is 152 Å². The highest BCUT2D eigenvalue weighted by atomic mass is 16.4. The van der Waals surface area contributed by atoms with E-state index >= 15 is 0 Å². The molecule has 0 aromatic heterocycles. The van der Waals surface area contributed by atoms with Gasteiger partial charge in [0.2, 0.25) is 0 Å². The smallest absolute Gasteiger partial charge is 0.124 e. The summed E-state index contributed by atoms with van der Waals surface area (Å²) in [6.07, 6.45) is -4.88. The van der Waals surface area contributed by atoms with Gasteiger partial charge in [-0.15, -0.1) is 0 Å². The molecule has 0 radical (unpaired) electrons. The Hall–Kier alpha value is -1.18. The van der Waals surface area contributed by atoms with Gasteiger partial charge in [0.15, 0.2) is 0 Å². The van der Waals surface area contributed by atoms with Crippen molar-refractivity contribution >= 4 is 11.9 Å². The molecule has 0 amide bonds. The standard InChI is InChI=1S/C4H6O6.H2O/c5-1(3(7)8)2(6)4(9)10;/h1-2,5-6H,(H,7,8)(H,9,10);1H2/p-2. The van der Waals surface area contributed by atoms with Gasteiger partial charge >= 0.3 is 0 Å². The highest BCUT2D eigenvalue weighted by molar-refractivity contribution is 5.80. The molecule has 2 unspecified atom stereocenters. The zero-order chi connectivity index (χ0) is 8.31. The quantitative estimate of drug-likeness (QED) is 0.426. The monoisotopic (exact) mass is 166 g/mol.